The quantitative estimate of drug-likeness (QED) is 0.395. The van der Waals surface area contributed by atoms with Gasteiger partial charge in [-0.05, 0) is 57.6 Å². The van der Waals surface area contributed by atoms with Crippen molar-refractivity contribution in [3.05, 3.63) is 55.6 Å². The highest BCUT2D eigenvalue weighted by Gasteiger charge is 2.20. The van der Waals surface area contributed by atoms with Crippen LogP contribution in [0.25, 0.3) is 0 Å². The Morgan fingerprint density at radius 3 is 2.33 bits per heavy atom. The van der Waals surface area contributed by atoms with Crippen molar-refractivity contribution >= 4 is 54.2 Å². The molecule has 0 aliphatic heterocycles. The van der Waals surface area contributed by atoms with Gasteiger partial charge in [0.2, 0.25) is 0 Å². The van der Waals surface area contributed by atoms with Crippen molar-refractivity contribution in [1.82, 2.24) is 0 Å². The molecule has 8 heteroatoms. The summed E-state index contributed by atoms with van der Waals surface area (Å²) in [6, 6.07) is 7.07. The Morgan fingerprint density at radius 1 is 1.19 bits per heavy atom. The SMILES string of the molecule is Cc1ccc(S(=O)(=O)Nc2cc(F)c(Br)c(F)c2I)cc1. The van der Waals surface area contributed by atoms with Crippen molar-refractivity contribution in [3.8, 4) is 0 Å². The number of hydrogen-bond donors (Lipinski definition) is 1. The Hall–Kier alpha value is -0.740. The molecule has 0 aromatic heterocycles. The lowest BCUT2D eigenvalue weighted by Crippen LogP contribution is -2.14. The number of hydrogen-bond acceptors (Lipinski definition) is 2. The number of halogens is 4. The van der Waals surface area contributed by atoms with Crippen LogP contribution >= 0.6 is 38.5 Å². The Labute approximate surface area is 143 Å². The van der Waals surface area contributed by atoms with Crippen molar-refractivity contribution in [2.24, 2.45) is 0 Å². The second-order valence-corrected chi connectivity index (χ2v) is 7.82. The maximum Gasteiger partial charge on any atom is 0.261 e. The molecule has 2 aromatic carbocycles. The molecule has 0 aliphatic carbocycles. The van der Waals surface area contributed by atoms with Crippen molar-refractivity contribution < 1.29 is 17.2 Å². The van der Waals surface area contributed by atoms with Gasteiger partial charge in [-0.3, -0.25) is 4.72 Å². The van der Waals surface area contributed by atoms with E-state index < -0.39 is 21.7 Å². The van der Waals surface area contributed by atoms with E-state index >= 15 is 0 Å². The van der Waals surface area contributed by atoms with Gasteiger partial charge in [-0.2, -0.15) is 0 Å². The summed E-state index contributed by atoms with van der Waals surface area (Å²) in [5.74, 6) is -1.73. The Balaban J connectivity index is 2.44. The fourth-order valence-corrected chi connectivity index (χ4v) is 4.06. The minimum absolute atomic E-state index is 0.0171. The van der Waals surface area contributed by atoms with Crippen molar-refractivity contribution in [1.29, 1.82) is 0 Å². The zero-order chi connectivity index (χ0) is 15.8. The fraction of sp³-hybridized carbons (Fsp3) is 0.0769. The lowest BCUT2D eigenvalue weighted by atomic mass is 10.2. The van der Waals surface area contributed by atoms with E-state index in [1.165, 1.54) is 12.1 Å². The van der Waals surface area contributed by atoms with Gasteiger partial charge in [-0.15, -0.1) is 0 Å². The van der Waals surface area contributed by atoms with Crippen LogP contribution in [0.2, 0.25) is 0 Å². The normalized spacial score (nSPS) is 11.5. The lowest BCUT2D eigenvalue weighted by molar-refractivity contribution is 0.568. The third-order valence-electron chi connectivity index (χ3n) is 2.68. The number of benzene rings is 2. The van der Waals surface area contributed by atoms with Crippen LogP contribution in [0.1, 0.15) is 5.56 Å². The molecule has 0 atom stereocenters. The van der Waals surface area contributed by atoms with Gasteiger partial charge in [0, 0.05) is 6.07 Å². The zero-order valence-corrected chi connectivity index (χ0v) is 15.2. The third kappa shape index (κ3) is 3.54. The maximum atomic E-state index is 13.8. The van der Waals surface area contributed by atoms with Crippen LogP contribution in [0, 0.1) is 22.1 Å². The molecular weight excluding hydrogens is 479 g/mol. The number of nitrogens with one attached hydrogen (secondary N) is 1. The monoisotopic (exact) mass is 487 g/mol. The second-order valence-electron chi connectivity index (χ2n) is 4.27. The van der Waals surface area contributed by atoms with Crippen LogP contribution < -0.4 is 4.72 Å². The molecule has 0 saturated carbocycles. The molecule has 0 aliphatic rings. The first kappa shape index (κ1) is 16.6. The van der Waals surface area contributed by atoms with Crippen LogP contribution in [0.3, 0.4) is 0 Å². The van der Waals surface area contributed by atoms with Crippen molar-refractivity contribution in [2.45, 2.75) is 11.8 Å². The summed E-state index contributed by atoms with van der Waals surface area (Å²) in [6.45, 7) is 1.83. The van der Waals surface area contributed by atoms with Crippen LogP contribution in [-0.4, -0.2) is 8.42 Å². The van der Waals surface area contributed by atoms with E-state index in [9.17, 15) is 17.2 Å². The third-order valence-corrected chi connectivity index (χ3v) is 5.84. The average molecular weight is 488 g/mol. The highest BCUT2D eigenvalue weighted by atomic mass is 127. The predicted octanol–water partition coefficient (Wildman–Crippen LogP) is 4.44. The van der Waals surface area contributed by atoms with Crippen molar-refractivity contribution in [2.75, 3.05) is 4.72 Å². The summed E-state index contributed by atoms with van der Waals surface area (Å²) in [5.41, 5.74) is 0.763. The molecule has 0 unspecified atom stereocenters. The molecule has 0 fully saturated rings. The molecule has 0 saturated heterocycles. The number of aryl methyl sites for hydroxylation is 1. The molecule has 1 N–H and O–H groups in total. The predicted molar refractivity (Wildman–Crippen MR) is 88.8 cm³/mol. The van der Waals surface area contributed by atoms with Gasteiger partial charge in [0.1, 0.15) is 5.82 Å². The van der Waals surface area contributed by atoms with Gasteiger partial charge in [0.25, 0.3) is 10.0 Å². The van der Waals surface area contributed by atoms with E-state index in [-0.39, 0.29) is 18.6 Å². The van der Waals surface area contributed by atoms with E-state index in [0.717, 1.165) is 11.6 Å². The van der Waals surface area contributed by atoms with Crippen molar-refractivity contribution in [3.63, 3.8) is 0 Å². The van der Waals surface area contributed by atoms with E-state index in [1.54, 1.807) is 34.7 Å². The molecule has 0 heterocycles. The second kappa shape index (κ2) is 6.17. The molecule has 0 spiro atoms. The van der Waals surface area contributed by atoms with Gasteiger partial charge >= 0.3 is 0 Å². The molecular formula is C13H9BrF2INO2S. The van der Waals surface area contributed by atoms with Gasteiger partial charge in [-0.25, -0.2) is 17.2 Å². The minimum atomic E-state index is -3.90. The van der Waals surface area contributed by atoms with Gasteiger partial charge in [0.05, 0.1) is 18.6 Å². The summed E-state index contributed by atoms with van der Waals surface area (Å²) in [4.78, 5) is 0.0210. The molecule has 0 amide bonds. The first-order valence-electron chi connectivity index (χ1n) is 5.65. The molecule has 112 valence electrons. The Bertz CT molecular complexity index is 795. The Morgan fingerprint density at radius 2 is 1.76 bits per heavy atom. The molecule has 2 aromatic rings. The fourth-order valence-electron chi connectivity index (χ4n) is 1.57. The van der Waals surface area contributed by atoms with Gasteiger partial charge in [-0.1, -0.05) is 17.7 Å². The van der Waals surface area contributed by atoms with Crippen LogP contribution in [0.5, 0.6) is 0 Å². The van der Waals surface area contributed by atoms with E-state index in [4.69, 9.17) is 0 Å². The highest BCUT2D eigenvalue weighted by Crippen LogP contribution is 2.31. The molecule has 2 rings (SSSR count). The maximum absolute atomic E-state index is 13.8. The summed E-state index contributed by atoms with van der Waals surface area (Å²) in [5, 5.41) is 0. The summed E-state index contributed by atoms with van der Waals surface area (Å²) >= 11 is 4.38. The van der Waals surface area contributed by atoms with Crippen LogP contribution in [0.15, 0.2) is 39.7 Å². The molecule has 3 nitrogen and oxygen atoms in total. The largest absolute Gasteiger partial charge is 0.278 e. The number of anilines is 1. The lowest BCUT2D eigenvalue weighted by Gasteiger charge is -2.11. The van der Waals surface area contributed by atoms with E-state index in [0.29, 0.717) is 0 Å². The highest BCUT2D eigenvalue weighted by molar-refractivity contribution is 14.1. The molecule has 21 heavy (non-hydrogen) atoms. The summed E-state index contributed by atoms with van der Waals surface area (Å²) in [7, 11) is -3.90. The smallest absolute Gasteiger partial charge is 0.261 e. The summed E-state index contributed by atoms with van der Waals surface area (Å²) < 4.78 is 53.5. The van der Waals surface area contributed by atoms with E-state index in [1.807, 2.05) is 6.92 Å². The summed E-state index contributed by atoms with van der Waals surface area (Å²) in [6.07, 6.45) is 0. The first-order valence-corrected chi connectivity index (χ1v) is 9.00. The minimum Gasteiger partial charge on any atom is -0.278 e. The Kier molecular flexibility index (Phi) is 4.89. The first-order chi connectivity index (χ1) is 9.72. The average Bonchev–Trinajstić information content (AvgIpc) is 2.42. The van der Waals surface area contributed by atoms with Gasteiger partial charge < -0.3 is 0 Å². The topological polar surface area (TPSA) is 46.2 Å². The number of sulfonamides is 1. The standard InChI is InChI=1S/C13H9BrF2INO2S/c1-7-2-4-8(5-3-7)21(19,20)18-10-6-9(15)11(14)12(16)13(10)17/h2-6,18H,1H3. The van der Waals surface area contributed by atoms with Crippen LogP contribution in [0.4, 0.5) is 14.5 Å². The number of rotatable bonds is 3. The molecule has 0 radical (unpaired) electrons. The van der Waals surface area contributed by atoms with Crippen LogP contribution in [-0.2, 0) is 10.0 Å². The zero-order valence-electron chi connectivity index (χ0n) is 10.6. The van der Waals surface area contributed by atoms with Gasteiger partial charge in [0.15, 0.2) is 5.82 Å². The molecule has 0 bridgehead atoms. The van der Waals surface area contributed by atoms with E-state index in [2.05, 4.69) is 20.7 Å².